The number of anilines is 1. The molecule has 4 heteroatoms. The van der Waals surface area contributed by atoms with Crippen molar-refractivity contribution in [3.63, 3.8) is 0 Å². The van der Waals surface area contributed by atoms with Crippen LogP contribution in [0.15, 0.2) is 47.5 Å². The third kappa shape index (κ3) is 4.81. The number of nitrogens with one attached hydrogen (secondary N) is 1. The number of hydrogen-bond donors (Lipinski definition) is 3. The Morgan fingerprint density at radius 1 is 1.09 bits per heavy atom. The molecule has 4 nitrogen and oxygen atoms in total. The van der Waals surface area contributed by atoms with Gasteiger partial charge in [-0.05, 0) is 67.6 Å². The number of nitrogens with zero attached hydrogens (tertiary/aromatic N) is 1. The summed E-state index contributed by atoms with van der Waals surface area (Å²) in [5.41, 5.74) is 10.5. The number of aliphatic imine (C=N–C) groups is 1. The predicted octanol–water partition coefficient (Wildman–Crippen LogP) is 3.37. The molecule has 0 bridgehead atoms. The van der Waals surface area contributed by atoms with E-state index in [0.717, 1.165) is 18.5 Å². The molecular formula is C18H23N3O. The lowest BCUT2D eigenvalue weighted by Gasteiger charge is -2.08. The lowest BCUT2D eigenvalue weighted by atomic mass is 10.1. The van der Waals surface area contributed by atoms with Crippen molar-refractivity contribution in [3.8, 4) is 5.75 Å². The zero-order valence-electron chi connectivity index (χ0n) is 13.1. The Kier molecular flexibility index (Phi) is 5.42. The number of benzene rings is 2. The molecule has 2 aromatic rings. The second kappa shape index (κ2) is 7.50. The SMILES string of the molecule is Cc1ccc(NC(N)=NCCCc2ccc(O)cc2)cc1C. The molecule has 0 radical (unpaired) electrons. The number of rotatable bonds is 5. The molecule has 0 fully saturated rings. The van der Waals surface area contributed by atoms with Gasteiger partial charge in [0.1, 0.15) is 5.75 Å². The Morgan fingerprint density at radius 2 is 1.82 bits per heavy atom. The van der Waals surface area contributed by atoms with Crippen molar-refractivity contribution in [2.24, 2.45) is 10.7 Å². The highest BCUT2D eigenvalue weighted by Gasteiger charge is 1.98. The normalized spacial score (nSPS) is 11.5. The fourth-order valence-electron chi connectivity index (χ4n) is 2.15. The molecule has 116 valence electrons. The number of aryl methyl sites for hydroxylation is 3. The Hall–Kier alpha value is -2.49. The van der Waals surface area contributed by atoms with Crippen molar-refractivity contribution in [1.29, 1.82) is 0 Å². The van der Waals surface area contributed by atoms with Gasteiger partial charge >= 0.3 is 0 Å². The van der Waals surface area contributed by atoms with E-state index in [0.29, 0.717) is 18.3 Å². The van der Waals surface area contributed by atoms with Crippen LogP contribution in [-0.4, -0.2) is 17.6 Å². The summed E-state index contributed by atoms with van der Waals surface area (Å²) in [5.74, 6) is 0.734. The number of hydrogen-bond acceptors (Lipinski definition) is 2. The highest BCUT2D eigenvalue weighted by Crippen LogP contribution is 2.14. The Bertz CT molecular complexity index is 648. The third-order valence-corrected chi connectivity index (χ3v) is 3.62. The summed E-state index contributed by atoms with van der Waals surface area (Å²) in [7, 11) is 0. The van der Waals surface area contributed by atoms with Gasteiger partial charge in [-0.15, -0.1) is 0 Å². The average Bonchev–Trinajstić information content (AvgIpc) is 2.49. The van der Waals surface area contributed by atoms with Gasteiger partial charge in [0.25, 0.3) is 0 Å². The van der Waals surface area contributed by atoms with E-state index in [4.69, 9.17) is 5.73 Å². The van der Waals surface area contributed by atoms with E-state index in [1.807, 2.05) is 18.2 Å². The molecule has 0 amide bonds. The lowest BCUT2D eigenvalue weighted by Crippen LogP contribution is -2.23. The second-order valence-corrected chi connectivity index (χ2v) is 5.46. The first-order valence-corrected chi connectivity index (χ1v) is 7.47. The topological polar surface area (TPSA) is 70.6 Å². The molecular weight excluding hydrogens is 274 g/mol. The quantitative estimate of drug-likeness (QED) is 0.450. The molecule has 0 spiro atoms. The maximum Gasteiger partial charge on any atom is 0.193 e. The van der Waals surface area contributed by atoms with Crippen LogP contribution in [0.25, 0.3) is 0 Å². The van der Waals surface area contributed by atoms with E-state index in [1.54, 1.807) is 12.1 Å². The molecule has 2 rings (SSSR count). The van der Waals surface area contributed by atoms with Crippen molar-refractivity contribution < 1.29 is 5.11 Å². The zero-order chi connectivity index (χ0) is 15.9. The fourth-order valence-corrected chi connectivity index (χ4v) is 2.15. The number of phenolic OH excluding ortho intramolecular Hbond substituents is 1. The van der Waals surface area contributed by atoms with Gasteiger partial charge in [-0.1, -0.05) is 18.2 Å². The first-order valence-electron chi connectivity index (χ1n) is 7.47. The van der Waals surface area contributed by atoms with E-state index in [-0.39, 0.29) is 0 Å². The molecule has 0 saturated carbocycles. The van der Waals surface area contributed by atoms with Crippen LogP contribution in [-0.2, 0) is 6.42 Å². The van der Waals surface area contributed by atoms with Crippen LogP contribution in [0.5, 0.6) is 5.75 Å². The zero-order valence-corrected chi connectivity index (χ0v) is 13.1. The van der Waals surface area contributed by atoms with E-state index in [9.17, 15) is 5.11 Å². The molecule has 0 unspecified atom stereocenters. The third-order valence-electron chi connectivity index (χ3n) is 3.62. The molecule has 0 atom stereocenters. The summed E-state index contributed by atoms with van der Waals surface area (Å²) in [6, 6.07) is 13.4. The van der Waals surface area contributed by atoms with Gasteiger partial charge in [0.05, 0.1) is 0 Å². The largest absolute Gasteiger partial charge is 0.508 e. The highest BCUT2D eigenvalue weighted by molar-refractivity contribution is 5.92. The molecule has 4 N–H and O–H groups in total. The molecule has 2 aromatic carbocycles. The molecule has 0 heterocycles. The van der Waals surface area contributed by atoms with Crippen molar-refractivity contribution in [2.75, 3.05) is 11.9 Å². The maximum atomic E-state index is 9.23. The highest BCUT2D eigenvalue weighted by atomic mass is 16.3. The van der Waals surface area contributed by atoms with Gasteiger partial charge in [0.2, 0.25) is 0 Å². The van der Waals surface area contributed by atoms with Gasteiger partial charge in [0.15, 0.2) is 5.96 Å². The standard InChI is InChI=1S/C18H23N3O/c1-13-5-8-16(12-14(13)2)21-18(19)20-11-3-4-15-6-9-17(22)10-7-15/h5-10,12,22H,3-4,11H2,1-2H3,(H3,19,20,21). The van der Waals surface area contributed by atoms with Gasteiger partial charge < -0.3 is 16.2 Å². The van der Waals surface area contributed by atoms with Gasteiger partial charge in [-0.2, -0.15) is 0 Å². The average molecular weight is 297 g/mol. The minimum absolute atomic E-state index is 0.295. The number of aromatic hydroxyl groups is 1. The summed E-state index contributed by atoms with van der Waals surface area (Å²) in [6.45, 7) is 4.83. The molecule has 0 aliphatic rings. The van der Waals surface area contributed by atoms with Gasteiger partial charge in [-0.25, -0.2) is 0 Å². The van der Waals surface area contributed by atoms with Crippen molar-refractivity contribution in [1.82, 2.24) is 0 Å². The minimum atomic E-state index is 0.295. The first-order chi connectivity index (χ1) is 10.5. The van der Waals surface area contributed by atoms with Crippen LogP contribution < -0.4 is 11.1 Å². The first kappa shape index (κ1) is 15.9. The fraction of sp³-hybridized carbons (Fsp3) is 0.278. The van der Waals surface area contributed by atoms with Crippen molar-refractivity contribution >= 4 is 11.6 Å². The summed E-state index contributed by atoms with van der Waals surface area (Å²) in [6.07, 6.45) is 1.83. The van der Waals surface area contributed by atoms with Crippen LogP contribution in [0.2, 0.25) is 0 Å². The van der Waals surface area contributed by atoms with Crippen LogP contribution in [0, 0.1) is 13.8 Å². The molecule has 0 aliphatic heterocycles. The van der Waals surface area contributed by atoms with Crippen LogP contribution >= 0.6 is 0 Å². The summed E-state index contributed by atoms with van der Waals surface area (Å²) < 4.78 is 0. The molecule has 22 heavy (non-hydrogen) atoms. The lowest BCUT2D eigenvalue weighted by molar-refractivity contribution is 0.475. The number of phenols is 1. The monoisotopic (exact) mass is 297 g/mol. The number of nitrogens with two attached hydrogens (primary N) is 1. The molecule has 0 aliphatic carbocycles. The van der Waals surface area contributed by atoms with Crippen LogP contribution in [0.4, 0.5) is 5.69 Å². The Balaban J connectivity index is 1.79. The van der Waals surface area contributed by atoms with E-state index < -0.39 is 0 Å². The summed E-state index contributed by atoms with van der Waals surface area (Å²) in [5, 5.41) is 12.3. The van der Waals surface area contributed by atoms with Gasteiger partial charge in [0, 0.05) is 12.2 Å². The number of guanidine groups is 1. The van der Waals surface area contributed by atoms with Crippen LogP contribution in [0.3, 0.4) is 0 Å². The second-order valence-electron chi connectivity index (χ2n) is 5.46. The Morgan fingerprint density at radius 3 is 2.50 bits per heavy atom. The van der Waals surface area contributed by atoms with E-state index >= 15 is 0 Å². The Labute approximate surface area is 131 Å². The molecule has 0 saturated heterocycles. The van der Waals surface area contributed by atoms with Crippen molar-refractivity contribution in [3.05, 3.63) is 59.2 Å². The summed E-state index contributed by atoms with van der Waals surface area (Å²) in [4.78, 5) is 4.34. The van der Waals surface area contributed by atoms with E-state index in [2.05, 4.69) is 36.3 Å². The van der Waals surface area contributed by atoms with Gasteiger partial charge in [-0.3, -0.25) is 4.99 Å². The maximum absolute atomic E-state index is 9.23. The summed E-state index contributed by atoms with van der Waals surface area (Å²) >= 11 is 0. The predicted molar refractivity (Wildman–Crippen MR) is 92.5 cm³/mol. The smallest absolute Gasteiger partial charge is 0.193 e. The minimum Gasteiger partial charge on any atom is -0.508 e. The van der Waals surface area contributed by atoms with Crippen LogP contribution in [0.1, 0.15) is 23.1 Å². The van der Waals surface area contributed by atoms with Crippen molar-refractivity contribution in [2.45, 2.75) is 26.7 Å². The van der Waals surface area contributed by atoms with E-state index in [1.165, 1.54) is 16.7 Å². The molecule has 0 aromatic heterocycles.